The molecule has 3 aromatic heterocycles. The van der Waals surface area contributed by atoms with Gasteiger partial charge in [0, 0.05) is 30.5 Å². The number of hydrogen-bond donors (Lipinski definition) is 1. The molecule has 1 saturated carbocycles. The lowest BCUT2D eigenvalue weighted by atomic mass is 9.85. The van der Waals surface area contributed by atoms with Crippen molar-refractivity contribution in [1.29, 1.82) is 0 Å². The summed E-state index contributed by atoms with van der Waals surface area (Å²) < 4.78 is 19.2. The minimum absolute atomic E-state index is 0.0663. The van der Waals surface area contributed by atoms with Crippen molar-refractivity contribution in [3.05, 3.63) is 83.9 Å². The Morgan fingerprint density at radius 1 is 1.07 bits per heavy atom. The molecule has 0 bridgehead atoms. The summed E-state index contributed by atoms with van der Waals surface area (Å²) in [5.41, 5.74) is 3.63. The van der Waals surface area contributed by atoms with Crippen LogP contribution >= 0.6 is 0 Å². The molecule has 2 amide bonds. The summed E-state index contributed by atoms with van der Waals surface area (Å²) in [5.74, 6) is 0.117. The average Bonchev–Trinajstić information content (AvgIpc) is 3.39. The van der Waals surface area contributed by atoms with Crippen LogP contribution in [0.15, 0.2) is 71.3 Å². The molecule has 1 aliphatic heterocycles. The van der Waals surface area contributed by atoms with Crippen LogP contribution in [0.5, 0.6) is 0 Å². The summed E-state index contributed by atoms with van der Waals surface area (Å²) in [7, 11) is 0. The van der Waals surface area contributed by atoms with E-state index in [1.54, 1.807) is 41.3 Å². The number of oxazole rings is 1. The second-order valence-corrected chi connectivity index (χ2v) is 11.1. The van der Waals surface area contributed by atoms with Gasteiger partial charge in [-0.25, -0.2) is 9.37 Å². The van der Waals surface area contributed by atoms with Crippen LogP contribution in [0.1, 0.15) is 47.2 Å². The zero-order valence-electron chi connectivity index (χ0n) is 23.4. The van der Waals surface area contributed by atoms with Crippen LogP contribution in [0.4, 0.5) is 10.1 Å². The Kier molecular flexibility index (Phi) is 6.88. The molecule has 7 rings (SSSR count). The molecule has 218 valence electrons. The zero-order valence-corrected chi connectivity index (χ0v) is 23.4. The van der Waals surface area contributed by atoms with Crippen molar-refractivity contribution in [2.45, 2.75) is 38.4 Å². The number of aromatic nitrogens is 6. The number of nitrogens with one attached hydrogen (secondary N) is 1. The minimum Gasteiger partial charge on any atom is -0.436 e. The van der Waals surface area contributed by atoms with E-state index >= 15 is 0 Å². The number of benzene rings is 2. The lowest BCUT2D eigenvalue weighted by Gasteiger charge is -2.35. The number of nitrogens with zero attached hydrogens (tertiary/aromatic N) is 7. The highest BCUT2D eigenvalue weighted by atomic mass is 19.1. The summed E-state index contributed by atoms with van der Waals surface area (Å²) >= 11 is 0. The Morgan fingerprint density at radius 3 is 2.58 bits per heavy atom. The van der Waals surface area contributed by atoms with E-state index in [1.807, 2.05) is 30.0 Å². The van der Waals surface area contributed by atoms with Crippen molar-refractivity contribution < 1.29 is 18.4 Å². The highest BCUT2D eigenvalue weighted by Gasteiger charge is 2.43. The van der Waals surface area contributed by atoms with Crippen molar-refractivity contribution in [3.8, 4) is 11.5 Å². The van der Waals surface area contributed by atoms with E-state index in [-0.39, 0.29) is 30.2 Å². The number of fused-ring (bicyclic) bond motifs is 1. The van der Waals surface area contributed by atoms with Crippen molar-refractivity contribution in [2.24, 2.45) is 11.8 Å². The standard InChI is InChI=1S/C31H29FN8O3/c1-18-36-38-40(37-18)28(19-5-3-2-4-6-19)20-10-13-39(14-11-20)31(42)26-15-21(9-12-33-26)30-35-25-16-22(7-8-27(25)43-30)34-29(41)23-17-24(23)32/h2-9,12,15-16,20,23-24,28H,10-11,13-14,17H2,1H3,(H,34,41)/t23-,24+,28+/m1/s1. The number of hydrogen-bond acceptors (Lipinski definition) is 8. The number of alkyl halides is 1. The van der Waals surface area contributed by atoms with Gasteiger partial charge in [0.05, 0.1) is 5.92 Å². The fourth-order valence-electron chi connectivity index (χ4n) is 5.72. The summed E-state index contributed by atoms with van der Waals surface area (Å²) in [6, 6.07) is 18.6. The average molecular weight is 581 g/mol. The fourth-order valence-corrected chi connectivity index (χ4v) is 5.72. The predicted molar refractivity (Wildman–Crippen MR) is 155 cm³/mol. The summed E-state index contributed by atoms with van der Waals surface area (Å²) in [5, 5.41) is 15.6. The Hall–Kier alpha value is -5.00. The van der Waals surface area contributed by atoms with E-state index in [1.165, 1.54) is 0 Å². The molecule has 11 nitrogen and oxygen atoms in total. The van der Waals surface area contributed by atoms with Gasteiger partial charge in [-0.2, -0.15) is 4.80 Å². The summed E-state index contributed by atoms with van der Waals surface area (Å²) in [4.78, 5) is 38.1. The first-order chi connectivity index (χ1) is 20.9. The van der Waals surface area contributed by atoms with Gasteiger partial charge in [0.1, 0.15) is 23.4 Å². The Morgan fingerprint density at radius 2 is 1.86 bits per heavy atom. The number of rotatable bonds is 7. The van der Waals surface area contributed by atoms with Gasteiger partial charge in [-0.3, -0.25) is 14.6 Å². The Balaban J connectivity index is 1.05. The molecule has 0 radical (unpaired) electrons. The molecule has 2 fully saturated rings. The molecule has 3 atom stereocenters. The second-order valence-electron chi connectivity index (χ2n) is 11.1. The first kappa shape index (κ1) is 26.9. The van der Waals surface area contributed by atoms with Crippen LogP contribution in [0.3, 0.4) is 0 Å². The molecule has 4 heterocycles. The van der Waals surface area contributed by atoms with Gasteiger partial charge in [0.25, 0.3) is 5.91 Å². The molecule has 43 heavy (non-hydrogen) atoms. The largest absolute Gasteiger partial charge is 0.436 e. The first-order valence-electron chi connectivity index (χ1n) is 14.4. The maximum atomic E-state index is 13.5. The molecule has 0 spiro atoms. The normalized spacial score (nSPS) is 19.3. The van der Waals surface area contributed by atoms with Gasteiger partial charge in [0.15, 0.2) is 11.4 Å². The number of aryl methyl sites for hydroxylation is 1. The smallest absolute Gasteiger partial charge is 0.272 e. The number of halogens is 1. The van der Waals surface area contributed by atoms with Gasteiger partial charge in [-0.1, -0.05) is 30.3 Å². The number of tetrazole rings is 1. The van der Waals surface area contributed by atoms with Crippen molar-refractivity contribution in [3.63, 3.8) is 0 Å². The highest BCUT2D eigenvalue weighted by molar-refractivity contribution is 5.96. The molecule has 12 heteroatoms. The van der Waals surface area contributed by atoms with Crippen LogP contribution in [-0.4, -0.2) is 66.2 Å². The number of likely N-dealkylation sites (tertiary alicyclic amines) is 1. The second kappa shape index (κ2) is 11.0. The third-order valence-electron chi connectivity index (χ3n) is 8.12. The summed E-state index contributed by atoms with van der Waals surface area (Å²) in [6.07, 6.45) is 2.33. The van der Waals surface area contributed by atoms with Gasteiger partial charge < -0.3 is 14.6 Å². The number of amides is 2. The predicted octanol–water partition coefficient (Wildman–Crippen LogP) is 4.62. The van der Waals surface area contributed by atoms with Gasteiger partial charge in [-0.05, 0) is 73.2 Å². The van der Waals surface area contributed by atoms with E-state index in [4.69, 9.17) is 4.42 Å². The monoisotopic (exact) mass is 580 g/mol. The summed E-state index contributed by atoms with van der Waals surface area (Å²) in [6.45, 7) is 2.98. The third kappa shape index (κ3) is 5.47. The molecular weight excluding hydrogens is 551 g/mol. The van der Waals surface area contributed by atoms with Gasteiger partial charge in [-0.15, -0.1) is 10.2 Å². The number of carbonyl (C=O) groups is 2. The fraction of sp³-hybridized carbons (Fsp3) is 0.323. The van der Waals surface area contributed by atoms with Crippen LogP contribution < -0.4 is 5.32 Å². The number of pyridine rings is 1. The van der Waals surface area contributed by atoms with Crippen LogP contribution in [0, 0.1) is 18.8 Å². The Labute approximate surface area is 246 Å². The van der Waals surface area contributed by atoms with Crippen molar-refractivity contribution in [2.75, 3.05) is 18.4 Å². The van der Waals surface area contributed by atoms with Crippen LogP contribution in [0.2, 0.25) is 0 Å². The third-order valence-corrected chi connectivity index (χ3v) is 8.12. The quantitative estimate of drug-likeness (QED) is 0.295. The van der Waals surface area contributed by atoms with Crippen molar-refractivity contribution in [1.82, 2.24) is 35.1 Å². The molecule has 1 aliphatic carbocycles. The first-order valence-corrected chi connectivity index (χ1v) is 14.4. The topological polar surface area (TPSA) is 132 Å². The molecule has 5 aromatic rings. The van der Waals surface area contributed by atoms with E-state index in [2.05, 4.69) is 42.8 Å². The van der Waals surface area contributed by atoms with E-state index in [0.29, 0.717) is 52.8 Å². The maximum Gasteiger partial charge on any atom is 0.272 e. The lowest BCUT2D eigenvalue weighted by molar-refractivity contribution is -0.117. The molecule has 2 aromatic carbocycles. The van der Waals surface area contributed by atoms with Gasteiger partial charge in [0.2, 0.25) is 11.8 Å². The maximum absolute atomic E-state index is 13.5. The van der Waals surface area contributed by atoms with E-state index in [0.717, 1.165) is 18.4 Å². The molecular formula is C31H29FN8O3. The molecule has 1 saturated heterocycles. The molecule has 0 unspecified atom stereocenters. The van der Waals surface area contributed by atoms with E-state index < -0.39 is 12.1 Å². The van der Waals surface area contributed by atoms with Crippen LogP contribution in [0.25, 0.3) is 22.6 Å². The highest BCUT2D eigenvalue weighted by Crippen LogP contribution is 2.36. The lowest BCUT2D eigenvalue weighted by Crippen LogP contribution is -2.41. The number of carbonyl (C=O) groups excluding carboxylic acids is 2. The number of piperidine rings is 1. The number of anilines is 1. The molecule has 1 N–H and O–H groups in total. The van der Waals surface area contributed by atoms with Crippen molar-refractivity contribution >= 4 is 28.6 Å². The van der Waals surface area contributed by atoms with E-state index in [9.17, 15) is 14.0 Å². The molecule has 2 aliphatic rings. The van der Waals surface area contributed by atoms with Crippen LogP contribution in [-0.2, 0) is 4.79 Å². The van der Waals surface area contributed by atoms with Gasteiger partial charge >= 0.3 is 0 Å². The SMILES string of the molecule is Cc1nnn([C@@H](c2ccccc2)C2CCN(C(=O)c3cc(-c4nc5cc(NC(=O)[C@@H]6C[C@@H]6F)ccc5o4)ccn3)CC2)n1. The Bertz CT molecular complexity index is 1800. The zero-order chi connectivity index (χ0) is 29.5. The minimum atomic E-state index is -1.06.